The van der Waals surface area contributed by atoms with Gasteiger partial charge in [-0.1, -0.05) is 226 Å². The molecule has 0 radical (unpaired) electrons. The standard InChI is InChI=1S/C42H85NO3/c1-3-5-7-9-11-13-14-15-16-17-18-19-20-21-22-23-24-25-26-27-28-30-32-34-36-38-42(46)43-40(39-44)41(45)37-35-33-31-29-12-10-8-6-4-2/h40-41,44-45H,3-39H2,1-2H3,(H,43,46)/t40-,41+/m0/s1. The first-order valence-corrected chi connectivity index (χ1v) is 21.2. The molecule has 0 saturated heterocycles. The van der Waals surface area contributed by atoms with Gasteiger partial charge in [0.15, 0.2) is 0 Å². The number of hydrogen-bond acceptors (Lipinski definition) is 3. The van der Waals surface area contributed by atoms with Crippen LogP contribution in [0.3, 0.4) is 0 Å². The van der Waals surface area contributed by atoms with E-state index >= 15 is 0 Å². The predicted octanol–water partition coefficient (Wildman–Crippen LogP) is 12.9. The topological polar surface area (TPSA) is 69.6 Å². The average Bonchev–Trinajstić information content (AvgIpc) is 3.06. The van der Waals surface area contributed by atoms with Gasteiger partial charge in [-0.15, -0.1) is 0 Å². The van der Waals surface area contributed by atoms with Gasteiger partial charge in [-0.25, -0.2) is 0 Å². The summed E-state index contributed by atoms with van der Waals surface area (Å²) in [5, 5.41) is 23.0. The van der Waals surface area contributed by atoms with Crippen molar-refractivity contribution in [1.29, 1.82) is 0 Å². The van der Waals surface area contributed by atoms with Crippen molar-refractivity contribution in [2.45, 2.75) is 257 Å². The molecule has 3 N–H and O–H groups in total. The molecule has 0 rings (SSSR count). The van der Waals surface area contributed by atoms with Gasteiger partial charge in [0, 0.05) is 6.42 Å². The molecule has 4 heteroatoms. The van der Waals surface area contributed by atoms with E-state index in [1.807, 2.05) is 0 Å². The second-order valence-electron chi connectivity index (χ2n) is 14.8. The minimum atomic E-state index is -0.650. The van der Waals surface area contributed by atoms with Crippen LogP contribution < -0.4 is 5.32 Å². The zero-order valence-electron chi connectivity index (χ0n) is 31.6. The van der Waals surface area contributed by atoms with Crippen molar-refractivity contribution in [3.05, 3.63) is 0 Å². The Morgan fingerprint density at radius 1 is 0.435 bits per heavy atom. The number of amides is 1. The van der Waals surface area contributed by atoms with Crippen LogP contribution in [0, 0.1) is 0 Å². The lowest BCUT2D eigenvalue weighted by Gasteiger charge is -2.22. The van der Waals surface area contributed by atoms with Crippen LogP contribution in [0.2, 0.25) is 0 Å². The lowest BCUT2D eigenvalue weighted by atomic mass is 10.0. The van der Waals surface area contributed by atoms with Crippen LogP contribution in [0.5, 0.6) is 0 Å². The first-order valence-electron chi connectivity index (χ1n) is 21.2. The number of nitrogens with one attached hydrogen (secondary N) is 1. The van der Waals surface area contributed by atoms with Crippen molar-refractivity contribution in [2.75, 3.05) is 6.61 Å². The Bertz CT molecular complexity index is 583. The quantitative estimate of drug-likeness (QED) is 0.0579. The first kappa shape index (κ1) is 45.4. The zero-order valence-corrected chi connectivity index (χ0v) is 31.6. The molecule has 0 aromatic heterocycles. The van der Waals surface area contributed by atoms with E-state index < -0.39 is 12.1 Å². The van der Waals surface area contributed by atoms with Crippen LogP contribution in [0.25, 0.3) is 0 Å². The van der Waals surface area contributed by atoms with Gasteiger partial charge in [-0.3, -0.25) is 4.79 Å². The summed E-state index contributed by atoms with van der Waals surface area (Å²) < 4.78 is 0. The van der Waals surface area contributed by atoms with Crippen molar-refractivity contribution in [1.82, 2.24) is 5.32 Å². The Morgan fingerprint density at radius 2 is 0.696 bits per heavy atom. The largest absolute Gasteiger partial charge is 0.394 e. The van der Waals surface area contributed by atoms with Gasteiger partial charge in [0.2, 0.25) is 5.91 Å². The van der Waals surface area contributed by atoms with E-state index in [0.29, 0.717) is 12.8 Å². The Balaban J connectivity index is 3.39. The Morgan fingerprint density at radius 3 is 0.978 bits per heavy atom. The van der Waals surface area contributed by atoms with Crippen LogP contribution in [0.1, 0.15) is 245 Å². The number of unbranched alkanes of at least 4 members (excludes halogenated alkanes) is 32. The fourth-order valence-corrected chi connectivity index (χ4v) is 6.83. The number of carbonyl (C=O) groups excluding carboxylic acids is 1. The van der Waals surface area contributed by atoms with E-state index in [-0.39, 0.29) is 12.5 Å². The molecule has 2 atom stereocenters. The molecule has 46 heavy (non-hydrogen) atoms. The highest BCUT2D eigenvalue weighted by atomic mass is 16.3. The highest BCUT2D eigenvalue weighted by Gasteiger charge is 2.20. The highest BCUT2D eigenvalue weighted by Crippen LogP contribution is 2.17. The summed E-state index contributed by atoms with van der Waals surface area (Å²) in [6, 6.07) is -0.527. The minimum absolute atomic E-state index is 0.0285. The molecule has 4 nitrogen and oxygen atoms in total. The van der Waals surface area contributed by atoms with E-state index in [1.54, 1.807) is 0 Å². The minimum Gasteiger partial charge on any atom is -0.394 e. The van der Waals surface area contributed by atoms with E-state index in [9.17, 15) is 15.0 Å². The van der Waals surface area contributed by atoms with E-state index in [2.05, 4.69) is 19.2 Å². The van der Waals surface area contributed by atoms with Crippen LogP contribution in [0.15, 0.2) is 0 Å². The molecule has 0 saturated carbocycles. The molecule has 276 valence electrons. The molecule has 0 spiro atoms. The molecule has 1 amide bonds. The molecule has 0 heterocycles. The second-order valence-corrected chi connectivity index (χ2v) is 14.8. The monoisotopic (exact) mass is 652 g/mol. The van der Waals surface area contributed by atoms with Crippen LogP contribution in [-0.4, -0.2) is 34.9 Å². The maximum atomic E-state index is 12.3. The van der Waals surface area contributed by atoms with Crippen LogP contribution in [0.4, 0.5) is 0 Å². The van der Waals surface area contributed by atoms with Crippen molar-refractivity contribution in [3.8, 4) is 0 Å². The molecular weight excluding hydrogens is 566 g/mol. The third-order valence-electron chi connectivity index (χ3n) is 10.1. The lowest BCUT2D eigenvalue weighted by molar-refractivity contribution is -0.123. The Kier molecular flexibility index (Phi) is 38.3. The Labute approximate surface area is 289 Å². The van der Waals surface area contributed by atoms with E-state index in [1.165, 1.54) is 193 Å². The second kappa shape index (κ2) is 38.8. The maximum Gasteiger partial charge on any atom is 0.220 e. The summed E-state index contributed by atoms with van der Waals surface area (Å²) in [4.78, 5) is 12.3. The summed E-state index contributed by atoms with van der Waals surface area (Å²) in [5.74, 6) is -0.0285. The van der Waals surface area contributed by atoms with E-state index in [0.717, 1.165) is 25.7 Å². The molecule has 0 unspecified atom stereocenters. The number of rotatable bonds is 39. The van der Waals surface area contributed by atoms with Gasteiger partial charge in [0.05, 0.1) is 18.8 Å². The molecule has 0 aliphatic rings. The molecule has 0 aromatic rings. The van der Waals surface area contributed by atoms with Crippen LogP contribution in [-0.2, 0) is 4.79 Å². The van der Waals surface area contributed by atoms with Gasteiger partial charge in [0.25, 0.3) is 0 Å². The van der Waals surface area contributed by atoms with Gasteiger partial charge in [-0.2, -0.15) is 0 Å². The van der Waals surface area contributed by atoms with Crippen LogP contribution >= 0.6 is 0 Å². The van der Waals surface area contributed by atoms with Gasteiger partial charge in [0.1, 0.15) is 0 Å². The van der Waals surface area contributed by atoms with Gasteiger partial charge < -0.3 is 15.5 Å². The SMILES string of the molecule is CCCCCCCCCCCCCCCCCCCCCCCCCCCC(=O)N[C@@H](CO)[C@H](O)CCCCCCCCCCC. The summed E-state index contributed by atoms with van der Waals surface area (Å²) in [6.45, 7) is 4.35. The van der Waals surface area contributed by atoms with Gasteiger partial charge in [-0.05, 0) is 12.8 Å². The smallest absolute Gasteiger partial charge is 0.220 e. The van der Waals surface area contributed by atoms with Gasteiger partial charge >= 0.3 is 0 Å². The molecule has 0 aromatic carbocycles. The molecule has 0 aliphatic heterocycles. The lowest BCUT2D eigenvalue weighted by Crippen LogP contribution is -2.45. The molecular formula is C42H85NO3. The average molecular weight is 652 g/mol. The molecule has 0 fully saturated rings. The Hall–Kier alpha value is -0.610. The first-order chi connectivity index (χ1) is 22.7. The van der Waals surface area contributed by atoms with Crippen molar-refractivity contribution >= 4 is 5.91 Å². The number of aliphatic hydroxyl groups is 2. The zero-order chi connectivity index (χ0) is 33.6. The fraction of sp³-hybridized carbons (Fsp3) is 0.976. The summed E-state index contributed by atoms with van der Waals surface area (Å²) in [5.41, 5.74) is 0. The third-order valence-corrected chi connectivity index (χ3v) is 10.1. The summed E-state index contributed by atoms with van der Waals surface area (Å²) >= 11 is 0. The third kappa shape index (κ3) is 34.7. The normalized spacial score (nSPS) is 12.9. The van der Waals surface area contributed by atoms with Crippen molar-refractivity contribution in [2.24, 2.45) is 0 Å². The predicted molar refractivity (Wildman–Crippen MR) is 203 cm³/mol. The highest BCUT2D eigenvalue weighted by molar-refractivity contribution is 5.76. The summed E-state index contributed by atoms with van der Waals surface area (Å²) in [6.07, 6.45) is 46.2. The number of carbonyl (C=O) groups is 1. The molecule has 0 bridgehead atoms. The van der Waals surface area contributed by atoms with Crippen molar-refractivity contribution in [3.63, 3.8) is 0 Å². The maximum absolute atomic E-state index is 12.3. The van der Waals surface area contributed by atoms with Crippen molar-refractivity contribution < 1.29 is 15.0 Å². The fourth-order valence-electron chi connectivity index (χ4n) is 6.83. The van der Waals surface area contributed by atoms with E-state index in [4.69, 9.17) is 0 Å². The summed E-state index contributed by atoms with van der Waals surface area (Å²) in [7, 11) is 0. The number of hydrogen-bond donors (Lipinski definition) is 3. The molecule has 0 aliphatic carbocycles. The number of aliphatic hydroxyl groups excluding tert-OH is 2.